The predicted molar refractivity (Wildman–Crippen MR) is 78.7 cm³/mol. The van der Waals surface area contributed by atoms with Gasteiger partial charge in [0.25, 0.3) is 0 Å². The Morgan fingerprint density at radius 1 is 1.28 bits per heavy atom. The second kappa shape index (κ2) is 5.86. The lowest BCUT2D eigenvalue weighted by Crippen LogP contribution is -1.97. The number of halogens is 3. The predicted octanol–water partition coefficient (Wildman–Crippen LogP) is 4.41. The van der Waals surface area contributed by atoms with Gasteiger partial charge in [0, 0.05) is 11.8 Å². The number of benzene rings is 1. The van der Waals surface area contributed by atoms with Gasteiger partial charge in [0.15, 0.2) is 0 Å². The van der Waals surface area contributed by atoms with Crippen molar-refractivity contribution < 1.29 is 4.74 Å². The number of aromatic nitrogens is 2. The quantitative estimate of drug-likeness (QED) is 0.785. The van der Waals surface area contributed by atoms with E-state index in [2.05, 4.69) is 47.1 Å². The highest BCUT2D eigenvalue weighted by Gasteiger charge is 2.08. The fraction of sp³-hybridized carbons (Fsp3) is 0.0909. The lowest BCUT2D eigenvalue weighted by Gasteiger charge is -2.10. The van der Waals surface area contributed by atoms with Crippen LogP contribution in [0.3, 0.4) is 0 Å². The van der Waals surface area contributed by atoms with E-state index in [1.54, 1.807) is 7.11 Å². The van der Waals surface area contributed by atoms with E-state index in [-0.39, 0.29) is 0 Å². The van der Waals surface area contributed by atoms with Gasteiger partial charge in [-0.15, -0.1) is 0 Å². The Morgan fingerprint density at radius 2 is 2.06 bits per heavy atom. The van der Waals surface area contributed by atoms with Gasteiger partial charge >= 0.3 is 0 Å². The van der Waals surface area contributed by atoms with Gasteiger partial charge in [-0.25, -0.2) is 9.97 Å². The molecular formula is C11H8Br2ClN3O. The standard InChI is InChI=1S/C11H8Br2ClN3O/c1-18-8-4-6(2-3-7(8)12)17-11-9(13)10(14)15-5-16-11/h2-5H,1H3,(H,15,16,17). The smallest absolute Gasteiger partial charge is 0.149 e. The molecule has 1 aromatic heterocycles. The second-order valence-electron chi connectivity index (χ2n) is 3.30. The van der Waals surface area contributed by atoms with Crippen molar-refractivity contribution in [2.75, 3.05) is 12.4 Å². The zero-order chi connectivity index (χ0) is 13.1. The second-order valence-corrected chi connectivity index (χ2v) is 5.31. The lowest BCUT2D eigenvalue weighted by atomic mass is 10.3. The van der Waals surface area contributed by atoms with Gasteiger partial charge in [-0.2, -0.15) is 0 Å². The monoisotopic (exact) mass is 391 g/mol. The summed E-state index contributed by atoms with van der Waals surface area (Å²) in [4.78, 5) is 7.97. The molecule has 0 bridgehead atoms. The van der Waals surface area contributed by atoms with E-state index in [0.29, 0.717) is 15.4 Å². The number of nitrogens with one attached hydrogen (secondary N) is 1. The molecule has 0 amide bonds. The minimum Gasteiger partial charge on any atom is -0.495 e. The molecule has 18 heavy (non-hydrogen) atoms. The van der Waals surface area contributed by atoms with Gasteiger partial charge in [0.1, 0.15) is 23.0 Å². The van der Waals surface area contributed by atoms with E-state index in [1.165, 1.54) is 6.33 Å². The number of hydrogen-bond acceptors (Lipinski definition) is 4. The molecule has 2 rings (SSSR count). The van der Waals surface area contributed by atoms with Crippen LogP contribution < -0.4 is 10.1 Å². The fourth-order valence-electron chi connectivity index (χ4n) is 1.31. The van der Waals surface area contributed by atoms with E-state index in [1.807, 2.05) is 18.2 Å². The van der Waals surface area contributed by atoms with Crippen molar-refractivity contribution >= 4 is 55.0 Å². The molecule has 0 spiro atoms. The third-order valence-corrected chi connectivity index (χ3v) is 4.08. The van der Waals surface area contributed by atoms with Crippen molar-refractivity contribution in [1.82, 2.24) is 9.97 Å². The fourth-order valence-corrected chi connectivity index (χ4v) is 2.16. The topological polar surface area (TPSA) is 47.0 Å². The molecule has 0 saturated carbocycles. The third-order valence-electron chi connectivity index (χ3n) is 2.16. The first-order valence-corrected chi connectivity index (χ1v) is 6.84. The van der Waals surface area contributed by atoms with E-state index in [0.717, 1.165) is 15.9 Å². The first-order chi connectivity index (χ1) is 8.61. The number of hydrogen-bond donors (Lipinski definition) is 1. The molecule has 4 nitrogen and oxygen atoms in total. The van der Waals surface area contributed by atoms with E-state index in [4.69, 9.17) is 16.3 Å². The Balaban J connectivity index is 2.31. The summed E-state index contributed by atoms with van der Waals surface area (Å²) in [5.41, 5.74) is 0.838. The van der Waals surface area contributed by atoms with Crippen LogP contribution in [0.15, 0.2) is 33.5 Å². The number of nitrogens with zero attached hydrogens (tertiary/aromatic N) is 2. The molecule has 0 radical (unpaired) electrons. The molecular weight excluding hydrogens is 385 g/mol. The summed E-state index contributed by atoms with van der Waals surface area (Å²) in [5.74, 6) is 1.33. The van der Waals surface area contributed by atoms with Crippen LogP contribution in [0.4, 0.5) is 11.5 Å². The Kier molecular flexibility index (Phi) is 4.42. The highest BCUT2D eigenvalue weighted by Crippen LogP contribution is 2.32. The maximum atomic E-state index is 5.89. The maximum Gasteiger partial charge on any atom is 0.149 e. The summed E-state index contributed by atoms with van der Waals surface area (Å²) in [6.45, 7) is 0. The lowest BCUT2D eigenvalue weighted by molar-refractivity contribution is 0.412. The van der Waals surface area contributed by atoms with Crippen LogP contribution in [-0.4, -0.2) is 17.1 Å². The van der Waals surface area contributed by atoms with Gasteiger partial charge < -0.3 is 10.1 Å². The van der Waals surface area contributed by atoms with Crippen LogP contribution in [0.5, 0.6) is 5.75 Å². The normalized spacial score (nSPS) is 10.2. The average molecular weight is 393 g/mol. The number of methoxy groups -OCH3 is 1. The minimum absolute atomic E-state index is 0.358. The minimum atomic E-state index is 0.358. The average Bonchev–Trinajstić information content (AvgIpc) is 2.37. The van der Waals surface area contributed by atoms with Crippen molar-refractivity contribution in [3.05, 3.63) is 38.6 Å². The molecule has 0 aliphatic rings. The summed E-state index contributed by atoms with van der Waals surface area (Å²) < 4.78 is 6.72. The Hall–Kier alpha value is -0.850. The molecule has 1 N–H and O–H groups in total. The summed E-state index contributed by atoms with van der Waals surface area (Å²) in [6, 6.07) is 5.64. The van der Waals surface area contributed by atoms with Crippen LogP contribution in [0.25, 0.3) is 0 Å². The maximum absolute atomic E-state index is 5.89. The molecule has 2 aromatic rings. The van der Waals surface area contributed by atoms with Gasteiger partial charge in [-0.05, 0) is 44.0 Å². The Bertz CT molecular complexity index is 580. The SMILES string of the molecule is COc1cc(Nc2ncnc(Cl)c2Br)ccc1Br. The molecule has 1 aromatic carbocycles. The van der Waals surface area contributed by atoms with Crippen molar-refractivity contribution in [2.24, 2.45) is 0 Å². The van der Waals surface area contributed by atoms with Gasteiger partial charge in [-0.3, -0.25) is 0 Å². The summed E-state index contributed by atoms with van der Waals surface area (Å²) >= 11 is 12.6. The van der Waals surface area contributed by atoms with E-state index in [9.17, 15) is 0 Å². The molecule has 7 heteroatoms. The Labute approximate surface area is 126 Å². The van der Waals surface area contributed by atoms with Crippen LogP contribution >= 0.6 is 43.5 Å². The summed E-state index contributed by atoms with van der Waals surface area (Å²) in [5, 5.41) is 3.49. The van der Waals surface area contributed by atoms with E-state index >= 15 is 0 Å². The van der Waals surface area contributed by atoms with Crippen molar-refractivity contribution in [1.29, 1.82) is 0 Å². The van der Waals surface area contributed by atoms with Crippen LogP contribution in [0, 0.1) is 0 Å². The molecule has 0 aliphatic carbocycles. The van der Waals surface area contributed by atoms with E-state index < -0.39 is 0 Å². The van der Waals surface area contributed by atoms with Gasteiger partial charge in [0.05, 0.1) is 16.1 Å². The highest BCUT2D eigenvalue weighted by atomic mass is 79.9. The zero-order valence-corrected chi connectivity index (χ0v) is 13.2. The van der Waals surface area contributed by atoms with Crippen LogP contribution in [0.1, 0.15) is 0 Å². The van der Waals surface area contributed by atoms with Gasteiger partial charge in [-0.1, -0.05) is 11.6 Å². The van der Waals surface area contributed by atoms with Crippen LogP contribution in [-0.2, 0) is 0 Å². The number of rotatable bonds is 3. The molecule has 94 valence electrons. The largest absolute Gasteiger partial charge is 0.495 e. The first kappa shape index (κ1) is 13.6. The number of ether oxygens (including phenoxy) is 1. The summed E-state index contributed by atoms with van der Waals surface area (Å²) in [6.07, 6.45) is 1.39. The third kappa shape index (κ3) is 2.93. The molecule has 0 fully saturated rings. The molecule has 0 atom stereocenters. The zero-order valence-electron chi connectivity index (χ0n) is 9.25. The molecule has 0 aliphatic heterocycles. The Morgan fingerprint density at radius 3 is 2.78 bits per heavy atom. The molecule has 1 heterocycles. The first-order valence-electron chi connectivity index (χ1n) is 4.88. The molecule has 0 saturated heterocycles. The number of anilines is 2. The van der Waals surface area contributed by atoms with Crippen molar-refractivity contribution in [3.63, 3.8) is 0 Å². The highest BCUT2D eigenvalue weighted by molar-refractivity contribution is 9.11. The van der Waals surface area contributed by atoms with Gasteiger partial charge in [0.2, 0.25) is 0 Å². The van der Waals surface area contributed by atoms with Crippen molar-refractivity contribution in [2.45, 2.75) is 0 Å². The molecule has 0 unspecified atom stereocenters. The van der Waals surface area contributed by atoms with Crippen LogP contribution in [0.2, 0.25) is 5.15 Å². The summed E-state index contributed by atoms with van der Waals surface area (Å²) in [7, 11) is 1.61. The van der Waals surface area contributed by atoms with Crippen molar-refractivity contribution in [3.8, 4) is 5.75 Å².